The molecule has 0 aliphatic heterocycles. The van der Waals surface area contributed by atoms with Gasteiger partial charge in [0, 0.05) is 11.6 Å². The Balaban J connectivity index is 2.81. The first kappa shape index (κ1) is 16.5. The molecule has 112 valence electrons. The zero-order valence-corrected chi connectivity index (χ0v) is 11.6. The van der Waals surface area contributed by atoms with Crippen LogP contribution in [0.25, 0.3) is 0 Å². The molecule has 1 rings (SSSR count). The maximum absolute atomic E-state index is 12.8. The van der Waals surface area contributed by atoms with E-state index in [2.05, 4.69) is 5.32 Å². The lowest BCUT2D eigenvalue weighted by Gasteiger charge is -2.15. The summed E-state index contributed by atoms with van der Waals surface area (Å²) < 4.78 is 38.3. The van der Waals surface area contributed by atoms with Crippen LogP contribution in [-0.4, -0.2) is 12.5 Å². The Morgan fingerprint density at radius 3 is 2.60 bits per heavy atom. The lowest BCUT2D eigenvalue weighted by atomic mass is 10.0. The molecule has 0 aliphatic carbocycles. The second kappa shape index (κ2) is 6.74. The molecule has 0 saturated carbocycles. The smallest absolute Gasteiger partial charge is 0.330 e. The number of hydrogen-bond acceptors (Lipinski definition) is 2. The van der Waals surface area contributed by atoms with E-state index in [1.807, 2.05) is 0 Å². The fraction of sp³-hybridized carbons (Fsp3) is 0.500. The number of halogens is 3. The minimum absolute atomic E-state index is 0.131. The molecule has 0 fully saturated rings. The Hall–Kier alpha value is -1.56. The van der Waals surface area contributed by atoms with Gasteiger partial charge in [-0.1, -0.05) is 13.0 Å². The number of hydrogen-bond donors (Lipinski definition) is 2. The van der Waals surface area contributed by atoms with E-state index in [1.54, 1.807) is 6.92 Å². The molecule has 1 unspecified atom stereocenters. The lowest BCUT2D eigenvalue weighted by Crippen LogP contribution is -2.21. The van der Waals surface area contributed by atoms with Crippen molar-refractivity contribution in [2.45, 2.75) is 32.9 Å². The molecule has 6 heteroatoms. The molecule has 3 N–H and O–H groups in total. The summed E-state index contributed by atoms with van der Waals surface area (Å²) in [7, 11) is 0. The molecule has 1 atom stereocenters. The van der Waals surface area contributed by atoms with E-state index < -0.39 is 11.7 Å². The van der Waals surface area contributed by atoms with Gasteiger partial charge in [0.25, 0.3) is 0 Å². The second-order valence-corrected chi connectivity index (χ2v) is 4.85. The number of rotatable bonds is 5. The number of nitrogens with one attached hydrogen (secondary N) is 1. The Labute approximate surface area is 116 Å². The number of nitrogens with two attached hydrogens (primary N) is 1. The van der Waals surface area contributed by atoms with Gasteiger partial charge >= 0.3 is 6.18 Å². The SMILES string of the molecule is Cc1ccc(NC(=O)C(C)CCCN)cc1C(F)(F)F. The highest BCUT2D eigenvalue weighted by Crippen LogP contribution is 2.33. The number of carbonyl (C=O) groups is 1. The molecule has 0 heterocycles. The van der Waals surface area contributed by atoms with Gasteiger partial charge < -0.3 is 11.1 Å². The summed E-state index contributed by atoms with van der Waals surface area (Å²) in [6, 6.07) is 3.78. The van der Waals surface area contributed by atoms with Crippen LogP contribution in [0.15, 0.2) is 18.2 Å². The molecule has 0 bridgehead atoms. The standard InChI is InChI=1S/C14H19F3N2O/c1-9-5-6-11(8-12(9)14(15,16)17)19-13(20)10(2)4-3-7-18/h5-6,8,10H,3-4,7,18H2,1-2H3,(H,19,20). The predicted octanol–water partition coefficient (Wildman–Crippen LogP) is 3.33. The molecule has 0 saturated heterocycles. The molecule has 1 aromatic carbocycles. The predicted molar refractivity (Wildman–Crippen MR) is 72.3 cm³/mol. The van der Waals surface area contributed by atoms with E-state index in [4.69, 9.17) is 5.73 Å². The minimum atomic E-state index is -4.42. The van der Waals surface area contributed by atoms with Crippen molar-refractivity contribution in [2.24, 2.45) is 11.7 Å². The fourth-order valence-electron chi connectivity index (χ4n) is 1.83. The lowest BCUT2D eigenvalue weighted by molar-refractivity contribution is -0.138. The second-order valence-electron chi connectivity index (χ2n) is 4.85. The van der Waals surface area contributed by atoms with Crippen molar-refractivity contribution in [3.8, 4) is 0 Å². The third kappa shape index (κ3) is 4.52. The van der Waals surface area contributed by atoms with E-state index in [1.165, 1.54) is 19.1 Å². The first-order valence-electron chi connectivity index (χ1n) is 6.44. The van der Waals surface area contributed by atoms with Crippen LogP contribution in [0, 0.1) is 12.8 Å². The topological polar surface area (TPSA) is 55.1 Å². The molecule has 1 amide bonds. The molecule has 0 radical (unpaired) electrons. The quantitative estimate of drug-likeness (QED) is 0.873. The van der Waals surface area contributed by atoms with Crippen molar-refractivity contribution in [3.05, 3.63) is 29.3 Å². The van der Waals surface area contributed by atoms with Crippen LogP contribution >= 0.6 is 0 Å². The zero-order chi connectivity index (χ0) is 15.3. The summed E-state index contributed by atoms with van der Waals surface area (Å²) in [5, 5.41) is 2.51. The Kier molecular flexibility index (Phi) is 5.56. The average Bonchev–Trinajstić information content (AvgIpc) is 2.36. The number of alkyl halides is 3. The van der Waals surface area contributed by atoms with E-state index >= 15 is 0 Å². The Bertz CT molecular complexity index is 472. The van der Waals surface area contributed by atoms with Crippen LogP contribution in [0.1, 0.15) is 30.9 Å². The van der Waals surface area contributed by atoms with E-state index in [0.717, 1.165) is 6.07 Å². The van der Waals surface area contributed by atoms with E-state index in [9.17, 15) is 18.0 Å². The first-order chi connectivity index (χ1) is 9.25. The van der Waals surface area contributed by atoms with Crippen LogP contribution in [-0.2, 0) is 11.0 Å². The summed E-state index contributed by atoms with van der Waals surface area (Å²) in [5.74, 6) is -0.579. The Morgan fingerprint density at radius 1 is 1.40 bits per heavy atom. The van der Waals surface area contributed by atoms with Crippen molar-refractivity contribution in [1.29, 1.82) is 0 Å². The molecular formula is C14H19F3N2O. The van der Waals surface area contributed by atoms with Crippen molar-refractivity contribution in [2.75, 3.05) is 11.9 Å². The molecular weight excluding hydrogens is 269 g/mol. The van der Waals surface area contributed by atoms with Crippen molar-refractivity contribution >= 4 is 11.6 Å². The zero-order valence-electron chi connectivity index (χ0n) is 11.6. The maximum atomic E-state index is 12.8. The Morgan fingerprint density at radius 2 is 2.05 bits per heavy atom. The summed E-state index contributed by atoms with van der Waals surface area (Å²) in [6.07, 6.45) is -3.10. The third-order valence-corrected chi connectivity index (χ3v) is 3.10. The largest absolute Gasteiger partial charge is 0.416 e. The molecule has 3 nitrogen and oxygen atoms in total. The van der Waals surface area contributed by atoms with Crippen LogP contribution in [0.5, 0.6) is 0 Å². The number of carbonyl (C=O) groups excluding carboxylic acids is 1. The van der Waals surface area contributed by atoms with Gasteiger partial charge in [-0.15, -0.1) is 0 Å². The highest BCUT2D eigenvalue weighted by Gasteiger charge is 2.32. The van der Waals surface area contributed by atoms with Crippen LogP contribution in [0.2, 0.25) is 0 Å². The molecule has 20 heavy (non-hydrogen) atoms. The van der Waals surface area contributed by atoms with Crippen molar-refractivity contribution < 1.29 is 18.0 Å². The molecule has 0 aromatic heterocycles. The summed E-state index contributed by atoms with van der Waals surface area (Å²) in [5.41, 5.74) is 4.92. The van der Waals surface area contributed by atoms with Gasteiger partial charge in [-0.05, 0) is 44.0 Å². The minimum Gasteiger partial charge on any atom is -0.330 e. The molecule has 0 spiro atoms. The molecule has 0 aliphatic rings. The number of amides is 1. The van der Waals surface area contributed by atoms with Crippen molar-refractivity contribution in [3.63, 3.8) is 0 Å². The van der Waals surface area contributed by atoms with Gasteiger partial charge in [-0.2, -0.15) is 13.2 Å². The normalized spacial score (nSPS) is 13.1. The first-order valence-corrected chi connectivity index (χ1v) is 6.44. The van der Waals surface area contributed by atoms with Crippen LogP contribution in [0.4, 0.5) is 18.9 Å². The van der Waals surface area contributed by atoms with E-state index in [-0.39, 0.29) is 23.1 Å². The third-order valence-electron chi connectivity index (χ3n) is 3.10. The van der Waals surface area contributed by atoms with Gasteiger partial charge in [0.2, 0.25) is 5.91 Å². The summed E-state index contributed by atoms with van der Waals surface area (Å²) in [6.45, 7) is 3.60. The van der Waals surface area contributed by atoms with Gasteiger partial charge in [0.05, 0.1) is 5.56 Å². The highest BCUT2D eigenvalue weighted by molar-refractivity contribution is 5.92. The van der Waals surface area contributed by atoms with E-state index in [0.29, 0.717) is 19.4 Å². The van der Waals surface area contributed by atoms with Gasteiger partial charge in [0.15, 0.2) is 0 Å². The van der Waals surface area contributed by atoms with Gasteiger partial charge in [0.1, 0.15) is 0 Å². The highest BCUT2D eigenvalue weighted by atomic mass is 19.4. The average molecular weight is 288 g/mol. The summed E-state index contributed by atoms with van der Waals surface area (Å²) >= 11 is 0. The number of aryl methyl sites for hydroxylation is 1. The van der Waals surface area contributed by atoms with Crippen molar-refractivity contribution in [1.82, 2.24) is 0 Å². The molecule has 1 aromatic rings. The fourth-order valence-corrected chi connectivity index (χ4v) is 1.83. The number of benzene rings is 1. The number of anilines is 1. The van der Waals surface area contributed by atoms with Crippen LogP contribution in [0.3, 0.4) is 0 Å². The maximum Gasteiger partial charge on any atom is 0.416 e. The summed E-state index contributed by atoms with van der Waals surface area (Å²) in [4.78, 5) is 11.8. The van der Waals surface area contributed by atoms with Gasteiger partial charge in [-0.25, -0.2) is 0 Å². The monoisotopic (exact) mass is 288 g/mol. The van der Waals surface area contributed by atoms with Crippen LogP contribution < -0.4 is 11.1 Å². The van der Waals surface area contributed by atoms with Gasteiger partial charge in [-0.3, -0.25) is 4.79 Å².